The average molecular weight is 294 g/mol. The van der Waals surface area contributed by atoms with Crippen LogP contribution in [-0.2, 0) is 56.8 Å². The Morgan fingerprint density at radius 2 is 1.00 bits per heavy atom. The first-order valence-electron chi connectivity index (χ1n) is 0. The molecule has 4 radical (unpaired) electrons. The third kappa shape index (κ3) is 57.4. The first kappa shape index (κ1) is 110. The number of hydrogen-bond donors (Lipinski definition) is 0. The molecule has 0 aromatic heterocycles. The van der Waals surface area contributed by atoms with Crippen LogP contribution in [0.5, 0.6) is 0 Å². The maximum atomic E-state index is 0. The molecule has 0 heterocycles. The molecule has 0 aliphatic heterocycles. The molecule has 6 heteroatoms. The molecular formula is CH11BCrFeNbPSi. The Bertz CT molecular complexity index is 19.7. The summed E-state index contributed by atoms with van der Waals surface area (Å²) in [6, 6.07) is 0. The molecule has 0 aromatic carbocycles. The van der Waals surface area contributed by atoms with E-state index < -0.39 is 0 Å². The van der Waals surface area contributed by atoms with Gasteiger partial charge in [0.05, 0.1) is 0 Å². The van der Waals surface area contributed by atoms with Gasteiger partial charge in [-0.25, -0.2) is 0 Å². The van der Waals surface area contributed by atoms with E-state index >= 15 is 0 Å². The first-order chi connectivity index (χ1) is 0. The second-order valence-corrected chi connectivity index (χ2v) is 0. The predicted octanol–water partition coefficient (Wildman–Crippen LogP) is -1.15. The van der Waals surface area contributed by atoms with Crippen LogP contribution in [0.15, 0.2) is 0 Å². The standard InChI is InChI=1S/CH4.B.Cr.Fe.Nb.H3P.H4Si/h1H4;;;;;1H3;1H4. The van der Waals surface area contributed by atoms with E-state index in [-0.39, 0.29) is 93.5 Å². The molecule has 0 aliphatic rings. The number of rotatable bonds is 0. The van der Waals surface area contributed by atoms with Crippen LogP contribution in [0.4, 0.5) is 0 Å². The largest absolute Gasteiger partial charge is 0.153 e. The molecule has 0 amide bonds. The van der Waals surface area contributed by atoms with Crippen LogP contribution in [-0.4, -0.2) is 19.4 Å². The normalized spacial score (nSPS) is 0. The van der Waals surface area contributed by atoms with Crippen LogP contribution in [0.3, 0.4) is 0 Å². The van der Waals surface area contributed by atoms with Crippen molar-refractivity contribution < 1.29 is 56.8 Å². The Morgan fingerprint density at radius 3 is 1.00 bits per heavy atom. The molecule has 0 nitrogen and oxygen atoms in total. The van der Waals surface area contributed by atoms with Gasteiger partial charge in [-0.1, -0.05) is 7.43 Å². The average Bonchev–Trinajstić information content (AvgIpc) is 0. The SMILES string of the molecule is C.P.[B].[Cr].[Fe].[Nb].[SiH4]. The molecule has 0 rings (SSSR count). The van der Waals surface area contributed by atoms with Gasteiger partial charge in [-0.15, -0.1) is 0 Å². The third-order valence-corrected chi connectivity index (χ3v) is 0. The van der Waals surface area contributed by atoms with Gasteiger partial charge < -0.3 is 0 Å². The fourth-order valence-electron chi connectivity index (χ4n) is 0. The van der Waals surface area contributed by atoms with Crippen molar-refractivity contribution in [3.63, 3.8) is 0 Å². The zero-order valence-electron chi connectivity index (χ0n) is 2.49. The van der Waals surface area contributed by atoms with E-state index in [9.17, 15) is 0 Å². The van der Waals surface area contributed by atoms with Crippen molar-refractivity contribution >= 4 is 29.3 Å². The molecule has 0 fully saturated rings. The maximum Gasteiger partial charge on any atom is 0 e. The van der Waals surface area contributed by atoms with Crippen LogP contribution in [0.25, 0.3) is 0 Å². The van der Waals surface area contributed by atoms with Gasteiger partial charge >= 0.3 is 0 Å². The first-order valence-corrected chi connectivity index (χ1v) is 0. The molecule has 0 saturated heterocycles. The molecular weight excluding hydrogens is 283 g/mol. The minimum Gasteiger partial charge on any atom is -0.153 e. The van der Waals surface area contributed by atoms with Gasteiger partial charge in [0, 0.05) is 65.2 Å². The fraction of sp³-hybridized carbons (Fsp3) is 1.00. The van der Waals surface area contributed by atoms with Crippen LogP contribution in [0.1, 0.15) is 7.43 Å². The van der Waals surface area contributed by atoms with Gasteiger partial charge in [-0.3, -0.25) is 0 Å². The van der Waals surface area contributed by atoms with Crippen LogP contribution in [0, 0.1) is 0 Å². The topological polar surface area (TPSA) is 0 Å². The smallest absolute Gasteiger partial charge is 0 e. The van der Waals surface area contributed by atoms with Gasteiger partial charge in [-0.05, 0) is 11.0 Å². The predicted molar refractivity (Wildman–Crippen MR) is 34.9 cm³/mol. The van der Waals surface area contributed by atoms with E-state index in [1.165, 1.54) is 0 Å². The summed E-state index contributed by atoms with van der Waals surface area (Å²) in [6.45, 7) is 0. The molecule has 0 saturated carbocycles. The minimum absolute atomic E-state index is 0. The Kier molecular flexibility index (Phi) is 1200. The number of hydrogen-bond acceptors (Lipinski definition) is 0. The van der Waals surface area contributed by atoms with Crippen LogP contribution >= 0.6 is 9.90 Å². The van der Waals surface area contributed by atoms with Crippen molar-refractivity contribution in [2.45, 2.75) is 7.43 Å². The molecule has 0 aliphatic carbocycles. The van der Waals surface area contributed by atoms with E-state index in [2.05, 4.69) is 0 Å². The summed E-state index contributed by atoms with van der Waals surface area (Å²) >= 11 is 0. The second-order valence-electron chi connectivity index (χ2n) is 0. The van der Waals surface area contributed by atoms with Crippen LogP contribution < -0.4 is 0 Å². The van der Waals surface area contributed by atoms with Crippen molar-refractivity contribution in [3.8, 4) is 0 Å². The maximum absolute atomic E-state index is 0. The van der Waals surface area contributed by atoms with Crippen molar-refractivity contribution in [2.24, 2.45) is 0 Å². The summed E-state index contributed by atoms with van der Waals surface area (Å²) in [5.74, 6) is 0. The molecule has 1 unspecified atom stereocenters. The summed E-state index contributed by atoms with van der Waals surface area (Å²) in [7, 11) is 0. The van der Waals surface area contributed by atoms with Crippen molar-refractivity contribution in [2.75, 3.05) is 0 Å². The van der Waals surface area contributed by atoms with Crippen molar-refractivity contribution in [3.05, 3.63) is 0 Å². The summed E-state index contributed by atoms with van der Waals surface area (Å²) in [5, 5.41) is 0. The monoisotopic (exact) mass is 294 g/mol. The molecule has 0 N–H and O–H groups in total. The summed E-state index contributed by atoms with van der Waals surface area (Å²) in [6.07, 6.45) is 0. The fourth-order valence-corrected chi connectivity index (χ4v) is 0. The van der Waals surface area contributed by atoms with Gasteiger partial charge in [0.2, 0.25) is 0 Å². The van der Waals surface area contributed by atoms with Crippen molar-refractivity contribution in [1.29, 1.82) is 0 Å². The third-order valence-electron chi connectivity index (χ3n) is 0. The molecule has 7 heavy (non-hydrogen) atoms. The van der Waals surface area contributed by atoms with E-state index in [1.807, 2.05) is 0 Å². The van der Waals surface area contributed by atoms with Gasteiger partial charge in [0.15, 0.2) is 0 Å². The van der Waals surface area contributed by atoms with Crippen molar-refractivity contribution in [1.82, 2.24) is 0 Å². The molecule has 1 atom stereocenters. The van der Waals surface area contributed by atoms with Crippen LogP contribution in [0.2, 0.25) is 0 Å². The van der Waals surface area contributed by atoms with Gasteiger partial charge in [0.25, 0.3) is 0 Å². The van der Waals surface area contributed by atoms with E-state index in [0.717, 1.165) is 0 Å². The van der Waals surface area contributed by atoms with E-state index in [0.29, 0.717) is 0 Å². The van der Waals surface area contributed by atoms with E-state index in [4.69, 9.17) is 0 Å². The summed E-state index contributed by atoms with van der Waals surface area (Å²) in [5.41, 5.74) is 0. The Labute approximate surface area is 92.7 Å². The Balaban J connectivity index is 0. The quantitative estimate of drug-likeness (QED) is 0.391. The molecule has 0 bridgehead atoms. The second kappa shape index (κ2) is 76.4. The Hall–Kier alpha value is 2.50. The minimum atomic E-state index is 0. The zero-order chi connectivity index (χ0) is 0. The molecule has 0 spiro atoms. The van der Waals surface area contributed by atoms with E-state index in [1.54, 1.807) is 0 Å². The Morgan fingerprint density at radius 1 is 1.00 bits per heavy atom. The summed E-state index contributed by atoms with van der Waals surface area (Å²) < 4.78 is 0. The zero-order valence-corrected chi connectivity index (χ0v) is 8.49. The summed E-state index contributed by atoms with van der Waals surface area (Å²) in [4.78, 5) is 0. The molecule has 46 valence electrons. The molecule has 0 aromatic rings. The van der Waals surface area contributed by atoms with Gasteiger partial charge in [-0.2, -0.15) is 9.90 Å². The van der Waals surface area contributed by atoms with Gasteiger partial charge in [0.1, 0.15) is 0 Å².